The number of nitrogens with zero attached hydrogens (tertiary/aromatic N) is 2. The molecule has 140 valence electrons. The lowest BCUT2D eigenvalue weighted by molar-refractivity contribution is 0.0636. The molecule has 0 fully saturated rings. The van der Waals surface area contributed by atoms with Crippen molar-refractivity contribution in [1.29, 1.82) is 0 Å². The third-order valence-corrected chi connectivity index (χ3v) is 5.67. The van der Waals surface area contributed by atoms with Gasteiger partial charge < -0.3 is 15.1 Å². The summed E-state index contributed by atoms with van der Waals surface area (Å²) in [5.41, 5.74) is 4.13. The third-order valence-electron chi connectivity index (χ3n) is 5.67. The van der Waals surface area contributed by atoms with Gasteiger partial charge in [0.25, 0.3) is 5.91 Å². The van der Waals surface area contributed by atoms with Crippen molar-refractivity contribution in [2.45, 2.75) is 45.1 Å². The smallest absolute Gasteiger partial charge is 0.335 e. The predicted octanol–water partition coefficient (Wildman–Crippen LogP) is 3.12. The number of aryl methyl sites for hydroxylation is 2. The number of hydrogen-bond acceptors (Lipinski definition) is 4. The van der Waals surface area contributed by atoms with Gasteiger partial charge in [0, 0.05) is 29.6 Å². The quantitative estimate of drug-likeness (QED) is 0.871. The number of aromatic hydroxyl groups is 1. The van der Waals surface area contributed by atoms with Crippen LogP contribution in [0, 0.1) is 0 Å². The number of aromatic nitrogens is 1. The summed E-state index contributed by atoms with van der Waals surface area (Å²) in [5.74, 6) is -1.47. The van der Waals surface area contributed by atoms with Crippen LogP contribution in [-0.4, -0.2) is 38.5 Å². The van der Waals surface area contributed by atoms with Crippen molar-refractivity contribution < 1.29 is 19.8 Å². The monoisotopic (exact) mass is 366 g/mol. The molecule has 2 aromatic rings. The number of benzene rings is 1. The fourth-order valence-corrected chi connectivity index (χ4v) is 4.24. The average Bonchev–Trinajstić information content (AvgIpc) is 2.67. The molecule has 0 saturated heterocycles. The van der Waals surface area contributed by atoms with E-state index >= 15 is 0 Å². The Balaban J connectivity index is 1.74. The van der Waals surface area contributed by atoms with E-state index in [1.165, 1.54) is 17.7 Å². The molecule has 2 N–H and O–H groups in total. The Morgan fingerprint density at radius 3 is 2.85 bits per heavy atom. The molecular weight excluding hydrogens is 344 g/mol. The lowest BCUT2D eigenvalue weighted by atomic mass is 9.85. The van der Waals surface area contributed by atoms with Crippen LogP contribution < -0.4 is 0 Å². The Hall–Kier alpha value is -2.89. The van der Waals surface area contributed by atoms with Gasteiger partial charge >= 0.3 is 5.97 Å². The van der Waals surface area contributed by atoms with E-state index < -0.39 is 5.97 Å². The summed E-state index contributed by atoms with van der Waals surface area (Å²) in [6.45, 7) is 2.57. The lowest BCUT2D eigenvalue weighted by Crippen LogP contribution is -2.41. The van der Waals surface area contributed by atoms with Crippen LogP contribution in [0.15, 0.2) is 24.4 Å². The number of fused-ring (bicyclic) bond motifs is 2. The second-order valence-electron chi connectivity index (χ2n) is 7.21. The van der Waals surface area contributed by atoms with E-state index in [9.17, 15) is 19.8 Å². The fourth-order valence-electron chi connectivity index (χ4n) is 4.24. The summed E-state index contributed by atoms with van der Waals surface area (Å²) in [6, 6.07) is 4.68. The molecule has 0 radical (unpaired) electrons. The van der Waals surface area contributed by atoms with Gasteiger partial charge in [0.15, 0.2) is 0 Å². The van der Waals surface area contributed by atoms with Crippen molar-refractivity contribution in [3.05, 3.63) is 57.9 Å². The van der Waals surface area contributed by atoms with Crippen molar-refractivity contribution in [3.63, 3.8) is 0 Å². The molecule has 1 aliphatic carbocycles. The van der Waals surface area contributed by atoms with Gasteiger partial charge in [-0.2, -0.15) is 0 Å². The molecule has 2 aliphatic rings. The van der Waals surface area contributed by atoms with Crippen molar-refractivity contribution in [3.8, 4) is 5.75 Å². The van der Waals surface area contributed by atoms with E-state index in [0.717, 1.165) is 36.9 Å². The van der Waals surface area contributed by atoms with Gasteiger partial charge in [-0.15, -0.1) is 0 Å². The normalized spacial score (nSPS) is 18.8. The Morgan fingerprint density at radius 1 is 1.30 bits per heavy atom. The highest BCUT2D eigenvalue weighted by Gasteiger charge is 2.35. The molecule has 4 rings (SSSR count). The molecule has 2 heterocycles. The Bertz CT molecular complexity index is 938. The number of pyridine rings is 1. The van der Waals surface area contributed by atoms with Crippen molar-refractivity contribution in [2.75, 3.05) is 6.54 Å². The summed E-state index contributed by atoms with van der Waals surface area (Å²) in [4.78, 5) is 30.9. The first-order valence-corrected chi connectivity index (χ1v) is 9.37. The maximum absolute atomic E-state index is 13.2. The van der Waals surface area contributed by atoms with E-state index in [2.05, 4.69) is 18.0 Å². The zero-order chi connectivity index (χ0) is 19.1. The van der Waals surface area contributed by atoms with Gasteiger partial charge in [-0.05, 0) is 61.4 Å². The molecule has 1 amide bonds. The topological polar surface area (TPSA) is 90.7 Å². The number of rotatable bonds is 3. The molecule has 1 aliphatic heterocycles. The van der Waals surface area contributed by atoms with Crippen LogP contribution in [0.5, 0.6) is 5.75 Å². The second-order valence-corrected chi connectivity index (χ2v) is 7.21. The van der Waals surface area contributed by atoms with Crippen LogP contribution in [0.25, 0.3) is 0 Å². The van der Waals surface area contributed by atoms with Crippen molar-refractivity contribution in [2.24, 2.45) is 0 Å². The van der Waals surface area contributed by atoms with Crippen LogP contribution in [-0.2, 0) is 19.3 Å². The number of aromatic carboxylic acids is 1. The predicted molar refractivity (Wildman–Crippen MR) is 99.1 cm³/mol. The van der Waals surface area contributed by atoms with E-state index in [1.807, 2.05) is 11.1 Å². The minimum Gasteiger partial charge on any atom is -0.508 e. The SMILES string of the molecule is CCc1cc2c(cn1)CCC[C@@H]2N1CCc2c(O)cc(C(=O)O)cc2C1=O. The molecule has 0 unspecified atom stereocenters. The highest BCUT2D eigenvalue weighted by molar-refractivity contribution is 6.00. The minimum absolute atomic E-state index is 0.0293. The Morgan fingerprint density at radius 2 is 2.11 bits per heavy atom. The number of phenols is 1. The molecule has 0 saturated carbocycles. The Kier molecular flexibility index (Phi) is 4.34. The van der Waals surface area contributed by atoms with Crippen LogP contribution >= 0.6 is 0 Å². The van der Waals surface area contributed by atoms with E-state index in [1.54, 1.807) is 0 Å². The van der Waals surface area contributed by atoms with E-state index in [-0.39, 0.29) is 23.3 Å². The average molecular weight is 366 g/mol. The second kappa shape index (κ2) is 6.68. The fraction of sp³-hybridized carbons (Fsp3) is 0.381. The molecule has 6 nitrogen and oxygen atoms in total. The zero-order valence-electron chi connectivity index (χ0n) is 15.2. The molecule has 1 atom stereocenters. The van der Waals surface area contributed by atoms with Gasteiger partial charge in [0.2, 0.25) is 0 Å². The maximum Gasteiger partial charge on any atom is 0.335 e. The van der Waals surface area contributed by atoms with Crippen LogP contribution in [0.3, 0.4) is 0 Å². The van der Waals surface area contributed by atoms with Gasteiger partial charge in [-0.25, -0.2) is 4.79 Å². The molecule has 1 aromatic carbocycles. The van der Waals surface area contributed by atoms with Crippen molar-refractivity contribution >= 4 is 11.9 Å². The largest absolute Gasteiger partial charge is 0.508 e. The molecule has 27 heavy (non-hydrogen) atoms. The van der Waals surface area contributed by atoms with Crippen LogP contribution in [0.4, 0.5) is 0 Å². The first-order valence-electron chi connectivity index (χ1n) is 9.37. The van der Waals surface area contributed by atoms with Gasteiger partial charge in [-0.3, -0.25) is 9.78 Å². The zero-order valence-corrected chi connectivity index (χ0v) is 15.2. The van der Waals surface area contributed by atoms with Gasteiger partial charge in [0.05, 0.1) is 11.6 Å². The molecule has 0 bridgehead atoms. The van der Waals surface area contributed by atoms with Gasteiger partial charge in [0.1, 0.15) is 5.75 Å². The number of carboxylic acids is 1. The van der Waals surface area contributed by atoms with E-state index in [4.69, 9.17) is 0 Å². The molecular formula is C21H22N2O4. The van der Waals surface area contributed by atoms with Crippen LogP contribution in [0.2, 0.25) is 0 Å². The highest BCUT2D eigenvalue weighted by Crippen LogP contribution is 2.38. The van der Waals surface area contributed by atoms with Gasteiger partial charge in [-0.1, -0.05) is 6.92 Å². The third kappa shape index (κ3) is 2.95. The number of hydrogen-bond donors (Lipinski definition) is 2. The summed E-state index contributed by atoms with van der Waals surface area (Å²) >= 11 is 0. The van der Waals surface area contributed by atoms with E-state index in [0.29, 0.717) is 24.1 Å². The highest BCUT2D eigenvalue weighted by atomic mass is 16.4. The number of carbonyl (C=O) groups is 2. The summed E-state index contributed by atoms with van der Waals surface area (Å²) in [5, 5.41) is 19.4. The number of carbonyl (C=O) groups excluding carboxylic acids is 1. The standard InChI is InChI=1S/C21H22N2O4/c1-2-14-10-16-12(11-22-14)4-3-5-18(16)23-7-6-15-17(20(23)25)8-13(21(26)27)9-19(15)24/h8-11,18,24H,2-7H2,1H3,(H,26,27)/t18-/m0/s1. The first kappa shape index (κ1) is 17.5. The Labute approximate surface area is 157 Å². The minimum atomic E-state index is -1.15. The lowest BCUT2D eigenvalue weighted by Gasteiger charge is -2.39. The maximum atomic E-state index is 13.2. The molecule has 6 heteroatoms. The molecule has 0 spiro atoms. The number of phenolic OH excluding ortho intramolecular Hbond substituents is 1. The number of amides is 1. The first-order chi connectivity index (χ1) is 13.0. The number of carboxylic acid groups (broad SMARTS) is 1. The van der Waals surface area contributed by atoms with Crippen LogP contribution in [0.1, 0.15) is 68.9 Å². The summed E-state index contributed by atoms with van der Waals surface area (Å²) in [6.07, 6.45) is 6.12. The molecule has 1 aromatic heterocycles. The summed E-state index contributed by atoms with van der Waals surface area (Å²) < 4.78 is 0. The summed E-state index contributed by atoms with van der Waals surface area (Å²) in [7, 11) is 0. The van der Waals surface area contributed by atoms with Crippen molar-refractivity contribution in [1.82, 2.24) is 9.88 Å².